The third-order valence-corrected chi connectivity index (χ3v) is 2.90. The van der Waals surface area contributed by atoms with E-state index in [1.807, 2.05) is 36.2 Å². The van der Waals surface area contributed by atoms with Crippen LogP contribution >= 0.6 is 11.8 Å². The molecule has 0 aliphatic carbocycles. The number of hydrogen-bond acceptors (Lipinski definition) is 2. The van der Waals surface area contributed by atoms with Crippen LogP contribution in [0.5, 0.6) is 0 Å². The number of rotatable bonds is 3. The second kappa shape index (κ2) is 3.83. The molecule has 0 atom stereocenters. The van der Waals surface area contributed by atoms with E-state index in [0.717, 1.165) is 16.4 Å². The van der Waals surface area contributed by atoms with Gasteiger partial charge in [-0.1, -0.05) is 13.0 Å². The van der Waals surface area contributed by atoms with Crippen LogP contribution in [0.1, 0.15) is 13.3 Å². The molecule has 0 bridgehead atoms. The summed E-state index contributed by atoms with van der Waals surface area (Å²) in [4.78, 5) is 4.48. The molecule has 2 aromatic rings. The highest BCUT2D eigenvalue weighted by Crippen LogP contribution is 2.17. The number of hydrogen-bond donors (Lipinski definition) is 0. The molecule has 0 fully saturated rings. The first kappa shape index (κ1) is 8.63. The quantitative estimate of drug-likeness (QED) is 0.696. The second-order valence-corrected chi connectivity index (χ2v) is 4.01. The van der Waals surface area contributed by atoms with Gasteiger partial charge in [-0.05, 0) is 24.3 Å². The summed E-state index contributed by atoms with van der Waals surface area (Å²) >= 11 is 1.81. The van der Waals surface area contributed by atoms with Crippen LogP contribution in [-0.2, 0) is 0 Å². The smallest absolute Gasteiger partial charge is 0.138 e. The fraction of sp³-hybridized carbons (Fsp3) is 0.300. The Bertz CT molecular complexity index is 361. The van der Waals surface area contributed by atoms with Crippen molar-refractivity contribution in [1.29, 1.82) is 0 Å². The molecule has 0 radical (unpaired) electrons. The SMILES string of the molecule is CCCSc1cn2ccccc2n1. The first-order chi connectivity index (χ1) is 6.40. The highest BCUT2D eigenvalue weighted by Gasteiger charge is 1.99. The van der Waals surface area contributed by atoms with Crippen molar-refractivity contribution >= 4 is 17.4 Å². The summed E-state index contributed by atoms with van der Waals surface area (Å²) in [6, 6.07) is 6.05. The fourth-order valence-corrected chi connectivity index (χ4v) is 1.95. The molecule has 2 rings (SSSR count). The molecule has 0 aliphatic heterocycles. The minimum absolute atomic E-state index is 1.03. The van der Waals surface area contributed by atoms with Crippen molar-refractivity contribution in [3.63, 3.8) is 0 Å². The Morgan fingerprint density at radius 3 is 3.15 bits per heavy atom. The lowest BCUT2D eigenvalue weighted by molar-refractivity contribution is 1.10. The molecule has 0 unspecified atom stereocenters. The van der Waals surface area contributed by atoms with Crippen molar-refractivity contribution in [2.75, 3.05) is 5.75 Å². The number of thioether (sulfide) groups is 1. The average molecular weight is 192 g/mol. The average Bonchev–Trinajstić information content (AvgIpc) is 2.57. The molecule has 2 aromatic heterocycles. The van der Waals surface area contributed by atoms with Gasteiger partial charge in [0, 0.05) is 12.4 Å². The molecule has 13 heavy (non-hydrogen) atoms. The zero-order valence-corrected chi connectivity index (χ0v) is 8.42. The van der Waals surface area contributed by atoms with Crippen molar-refractivity contribution in [3.05, 3.63) is 30.6 Å². The third-order valence-electron chi connectivity index (χ3n) is 1.80. The fourth-order valence-electron chi connectivity index (χ4n) is 1.19. The van der Waals surface area contributed by atoms with E-state index in [1.165, 1.54) is 6.42 Å². The van der Waals surface area contributed by atoms with Crippen LogP contribution in [0.25, 0.3) is 5.65 Å². The van der Waals surface area contributed by atoms with Crippen LogP contribution in [0.15, 0.2) is 35.6 Å². The number of aromatic nitrogens is 2. The normalized spacial score (nSPS) is 10.8. The van der Waals surface area contributed by atoms with Gasteiger partial charge in [-0.3, -0.25) is 0 Å². The molecule has 0 saturated heterocycles. The Balaban J connectivity index is 2.28. The Morgan fingerprint density at radius 2 is 2.38 bits per heavy atom. The van der Waals surface area contributed by atoms with Gasteiger partial charge in [-0.2, -0.15) is 0 Å². The summed E-state index contributed by atoms with van der Waals surface area (Å²) in [5, 5.41) is 1.12. The predicted molar refractivity (Wildman–Crippen MR) is 56.2 cm³/mol. The molecule has 68 valence electrons. The van der Waals surface area contributed by atoms with Gasteiger partial charge in [0.15, 0.2) is 0 Å². The summed E-state index contributed by atoms with van der Waals surface area (Å²) in [7, 11) is 0. The van der Waals surface area contributed by atoms with E-state index in [4.69, 9.17) is 0 Å². The van der Waals surface area contributed by atoms with Crippen LogP contribution in [-0.4, -0.2) is 15.1 Å². The van der Waals surface area contributed by atoms with Gasteiger partial charge in [0.05, 0.1) is 0 Å². The summed E-state index contributed by atoms with van der Waals surface area (Å²) in [5.41, 5.74) is 1.03. The number of pyridine rings is 1. The Hall–Kier alpha value is -0.960. The number of nitrogens with zero attached hydrogens (tertiary/aromatic N) is 2. The van der Waals surface area contributed by atoms with Crippen molar-refractivity contribution in [2.24, 2.45) is 0 Å². The van der Waals surface area contributed by atoms with E-state index in [1.54, 1.807) is 0 Å². The van der Waals surface area contributed by atoms with E-state index in [0.29, 0.717) is 0 Å². The molecule has 0 aromatic carbocycles. The molecule has 0 saturated carbocycles. The van der Waals surface area contributed by atoms with Crippen LogP contribution in [0.4, 0.5) is 0 Å². The predicted octanol–water partition coefficient (Wildman–Crippen LogP) is 2.84. The highest BCUT2D eigenvalue weighted by molar-refractivity contribution is 7.99. The highest BCUT2D eigenvalue weighted by atomic mass is 32.2. The van der Waals surface area contributed by atoms with Gasteiger partial charge in [0.2, 0.25) is 0 Å². The summed E-state index contributed by atoms with van der Waals surface area (Å²) in [5.74, 6) is 1.14. The first-order valence-corrected chi connectivity index (χ1v) is 5.45. The second-order valence-electron chi connectivity index (χ2n) is 2.89. The van der Waals surface area contributed by atoms with Crippen LogP contribution in [0, 0.1) is 0 Å². The van der Waals surface area contributed by atoms with Crippen molar-refractivity contribution in [1.82, 2.24) is 9.38 Å². The maximum absolute atomic E-state index is 4.48. The Labute approximate surface area is 82.0 Å². The summed E-state index contributed by atoms with van der Waals surface area (Å²) in [6.07, 6.45) is 5.30. The lowest BCUT2D eigenvalue weighted by Gasteiger charge is -1.89. The van der Waals surface area contributed by atoms with Crippen LogP contribution in [0.2, 0.25) is 0 Å². The zero-order valence-electron chi connectivity index (χ0n) is 7.60. The van der Waals surface area contributed by atoms with E-state index in [2.05, 4.69) is 22.5 Å². The molecule has 0 aliphatic rings. The van der Waals surface area contributed by atoms with Gasteiger partial charge in [0.1, 0.15) is 10.7 Å². The third kappa shape index (κ3) is 1.86. The monoisotopic (exact) mass is 192 g/mol. The van der Waals surface area contributed by atoms with Crippen LogP contribution in [0.3, 0.4) is 0 Å². The molecule has 0 amide bonds. The largest absolute Gasteiger partial charge is 0.306 e. The van der Waals surface area contributed by atoms with Crippen molar-refractivity contribution < 1.29 is 0 Å². The molecule has 0 spiro atoms. The van der Waals surface area contributed by atoms with Gasteiger partial charge in [-0.15, -0.1) is 11.8 Å². The summed E-state index contributed by atoms with van der Waals surface area (Å²) in [6.45, 7) is 2.18. The standard InChI is InChI=1S/C10H12N2S/c1-2-7-13-10-8-12-6-4-3-5-9(12)11-10/h3-6,8H,2,7H2,1H3. The van der Waals surface area contributed by atoms with Gasteiger partial charge < -0.3 is 4.40 Å². The van der Waals surface area contributed by atoms with Crippen LogP contribution < -0.4 is 0 Å². The molecule has 2 heterocycles. The van der Waals surface area contributed by atoms with Crippen molar-refractivity contribution in [3.8, 4) is 0 Å². The minimum atomic E-state index is 1.03. The Morgan fingerprint density at radius 1 is 1.46 bits per heavy atom. The Kier molecular flexibility index (Phi) is 2.54. The lowest BCUT2D eigenvalue weighted by Crippen LogP contribution is -1.77. The molecule has 0 N–H and O–H groups in total. The zero-order chi connectivity index (χ0) is 9.10. The first-order valence-electron chi connectivity index (χ1n) is 4.46. The molecular weight excluding hydrogens is 180 g/mol. The van der Waals surface area contributed by atoms with Gasteiger partial charge >= 0.3 is 0 Å². The number of fused-ring (bicyclic) bond motifs is 1. The van der Waals surface area contributed by atoms with Crippen molar-refractivity contribution in [2.45, 2.75) is 18.4 Å². The van der Waals surface area contributed by atoms with Gasteiger partial charge in [0.25, 0.3) is 0 Å². The summed E-state index contributed by atoms with van der Waals surface area (Å²) < 4.78 is 2.05. The van der Waals surface area contributed by atoms with E-state index >= 15 is 0 Å². The number of imidazole rings is 1. The minimum Gasteiger partial charge on any atom is -0.306 e. The molecule has 2 nitrogen and oxygen atoms in total. The van der Waals surface area contributed by atoms with E-state index in [-0.39, 0.29) is 0 Å². The van der Waals surface area contributed by atoms with Gasteiger partial charge in [-0.25, -0.2) is 4.98 Å². The maximum atomic E-state index is 4.48. The molecular formula is C10H12N2S. The van der Waals surface area contributed by atoms with E-state index in [9.17, 15) is 0 Å². The van der Waals surface area contributed by atoms with E-state index < -0.39 is 0 Å². The molecule has 3 heteroatoms. The topological polar surface area (TPSA) is 17.3 Å². The maximum Gasteiger partial charge on any atom is 0.138 e. The lowest BCUT2D eigenvalue weighted by atomic mass is 10.5.